The van der Waals surface area contributed by atoms with Gasteiger partial charge in [0, 0.05) is 22.5 Å². The van der Waals surface area contributed by atoms with Crippen LogP contribution in [0.3, 0.4) is 0 Å². The van der Waals surface area contributed by atoms with Crippen LogP contribution in [-0.2, 0) is 13.2 Å². The van der Waals surface area contributed by atoms with E-state index in [2.05, 4.69) is 35.8 Å². The molecule has 0 aliphatic heterocycles. The quantitative estimate of drug-likeness (QED) is 0.230. The molecule has 0 spiro atoms. The number of aryl methyl sites for hydroxylation is 2. The number of halogens is 3. The van der Waals surface area contributed by atoms with Crippen molar-refractivity contribution < 1.29 is 17.7 Å². The molecule has 172 valence electrons. The molecule has 0 fully saturated rings. The van der Waals surface area contributed by atoms with Gasteiger partial charge in [0.25, 0.3) is 0 Å². The van der Waals surface area contributed by atoms with Crippen LogP contribution in [0.5, 0.6) is 0 Å². The Balaban J connectivity index is 1.75. The SMILES string of the molecule is Cc1ccc2ccccc2c1-c1cc2c3cc(C(F)(F)F)ccc3n(-c3ccccc3)c2c[n+]1C. The second kappa shape index (κ2) is 7.70. The minimum absolute atomic E-state index is 0.582. The highest BCUT2D eigenvalue weighted by Gasteiger charge is 2.31. The zero-order chi connectivity index (χ0) is 24.3. The van der Waals surface area contributed by atoms with Gasteiger partial charge >= 0.3 is 6.18 Å². The van der Waals surface area contributed by atoms with Crippen LogP contribution in [0.2, 0.25) is 0 Å². The van der Waals surface area contributed by atoms with Crippen LogP contribution in [0.1, 0.15) is 11.1 Å². The van der Waals surface area contributed by atoms with Crippen molar-refractivity contribution in [2.24, 2.45) is 7.05 Å². The van der Waals surface area contributed by atoms with Gasteiger partial charge in [-0.3, -0.25) is 0 Å². The van der Waals surface area contributed by atoms with Crippen molar-refractivity contribution >= 4 is 32.6 Å². The second-order valence-electron chi connectivity index (χ2n) is 8.95. The summed E-state index contributed by atoms with van der Waals surface area (Å²) < 4.78 is 45.1. The lowest BCUT2D eigenvalue weighted by Crippen LogP contribution is -2.31. The minimum atomic E-state index is -4.41. The Morgan fingerprint density at radius 2 is 1.43 bits per heavy atom. The van der Waals surface area contributed by atoms with Gasteiger partial charge in [-0.1, -0.05) is 54.6 Å². The molecule has 2 aromatic heterocycles. The van der Waals surface area contributed by atoms with Crippen LogP contribution < -0.4 is 4.57 Å². The van der Waals surface area contributed by atoms with Gasteiger partial charge in [-0.05, 0) is 53.6 Å². The standard InChI is InChI=1S/C30H22F3N2/c1-19-12-13-20-8-6-7-11-23(20)29(19)27-17-25-24-16-21(30(31,32)33)14-15-26(24)35(28(25)18-34(27)2)22-9-4-3-5-10-22/h3-18H,1-2H3/q+1. The largest absolute Gasteiger partial charge is 0.416 e. The number of pyridine rings is 1. The van der Waals surface area contributed by atoms with E-state index in [0.29, 0.717) is 5.39 Å². The van der Waals surface area contributed by atoms with E-state index in [4.69, 9.17) is 0 Å². The molecule has 0 aliphatic carbocycles. The maximum Gasteiger partial charge on any atom is 0.416 e. The molecular weight excluding hydrogens is 445 g/mol. The van der Waals surface area contributed by atoms with Crippen molar-refractivity contribution in [2.75, 3.05) is 0 Å². The molecule has 2 nitrogen and oxygen atoms in total. The normalized spacial score (nSPS) is 12.1. The summed E-state index contributed by atoms with van der Waals surface area (Å²) in [6, 6.07) is 28.2. The van der Waals surface area contributed by atoms with E-state index in [-0.39, 0.29) is 0 Å². The first-order chi connectivity index (χ1) is 16.8. The van der Waals surface area contributed by atoms with E-state index in [1.807, 2.05) is 66.3 Å². The van der Waals surface area contributed by atoms with Crippen LogP contribution >= 0.6 is 0 Å². The van der Waals surface area contributed by atoms with Gasteiger partial charge in [-0.15, -0.1) is 0 Å². The number of para-hydroxylation sites is 1. The zero-order valence-corrected chi connectivity index (χ0v) is 19.3. The Hall–Kier alpha value is -4.12. The Morgan fingerprint density at radius 3 is 2.20 bits per heavy atom. The summed E-state index contributed by atoms with van der Waals surface area (Å²) in [6.07, 6.45) is -2.39. The molecule has 0 saturated carbocycles. The number of rotatable bonds is 2. The molecule has 0 bridgehead atoms. The fourth-order valence-electron chi connectivity index (χ4n) is 5.11. The third-order valence-electron chi connectivity index (χ3n) is 6.76. The van der Waals surface area contributed by atoms with Gasteiger partial charge in [0.05, 0.1) is 16.6 Å². The summed E-state index contributed by atoms with van der Waals surface area (Å²) in [5, 5.41) is 3.61. The van der Waals surface area contributed by atoms with Crippen LogP contribution in [0.25, 0.3) is 49.5 Å². The maximum absolute atomic E-state index is 13.7. The van der Waals surface area contributed by atoms with Crippen molar-refractivity contribution in [3.8, 4) is 16.9 Å². The van der Waals surface area contributed by atoms with Gasteiger partial charge in [0.2, 0.25) is 5.69 Å². The topological polar surface area (TPSA) is 8.81 Å². The third-order valence-corrected chi connectivity index (χ3v) is 6.76. The lowest BCUT2D eigenvalue weighted by Gasteiger charge is -2.10. The summed E-state index contributed by atoms with van der Waals surface area (Å²) in [4.78, 5) is 0. The molecule has 2 heterocycles. The van der Waals surface area contributed by atoms with Crippen molar-refractivity contribution in [2.45, 2.75) is 13.1 Å². The average molecular weight is 468 g/mol. The summed E-state index contributed by atoms with van der Waals surface area (Å²) in [7, 11) is 1.99. The van der Waals surface area contributed by atoms with E-state index in [9.17, 15) is 13.2 Å². The Bertz CT molecular complexity index is 1750. The Labute approximate surface area is 200 Å². The van der Waals surface area contributed by atoms with Crippen molar-refractivity contribution in [1.29, 1.82) is 0 Å². The van der Waals surface area contributed by atoms with Gasteiger partial charge < -0.3 is 4.57 Å². The molecule has 0 saturated heterocycles. The van der Waals surface area contributed by atoms with E-state index < -0.39 is 11.7 Å². The highest BCUT2D eigenvalue weighted by Crippen LogP contribution is 2.39. The highest BCUT2D eigenvalue weighted by molar-refractivity contribution is 6.10. The fraction of sp³-hybridized carbons (Fsp3) is 0.100. The monoisotopic (exact) mass is 467 g/mol. The molecule has 0 atom stereocenters. The molecule has 35 heavy (non-hydrogen) atoms. The molecule has 5 heteroatoms. The first-order valence-corrected chi connectivity index (χ1v) is 11.4. The number of hydrogen-bond donors (Lipinski definition) is 0. The van der Waals surface area contributed by atoms with Crippen molar-refractivity contribution in [3.05, 3.63) is 108 Å². The molecule has 0 N–H and O–H groups in total. The number of alkyl halides is 3. The predicted octanol–water partition coefficient (Wildman–Crippen LogP) is 7.76. The molecule has 0 unspecified atom stereocenters. The second-order valence-corrected chi connectivity index (χ2v) is 8.95. The van der Waals surface area contributed by atoms with Crippen molar-refractivity contribution in [3.63, 3.8) is 0 Å². The molecule has 4 aromatic carbocycles. The molecule has 0 radical (unpaired) electrons. The fourth-order valence-corrected chi connectivity index (χ4v) is 5.11. The summed E-state index contributed by atoms with van der Waals surface area (Å²) in [5.41, 5.74) is 5.01. The smallest absolute Gasteiger partial charge is 0.304 e. The lowest BCUT2D eigenvalue weighted by atomic mass is 9.96. The number of nitrogens with zero attached hydrogens (tertiary/aromatic N) is 2. The van der Waals surface area contributed by atoms with Crippen LogP contribution in [-0.4, -0.2) is 4.57 Å². The Kier molecular flexibility index (Phi) is 4.71. The van der Waals surface area contributed by atoms with E-state index in [1.54, 1.807) is 6.07 Å². The minimum Gasteiger partial charge on any atom is -0.304 e. The molecular formula is C30H22F3N2+. The van der Waals surface area contributed by atoms with Gasteiger partial charge in [-0.2, -0.15) is 17.7 Å². The first kappa shape index (κ1) is 21.4. The average Bonchev–Trinajstić information content (AvgIpc) is 3.16. The summed E-state index contributed by atoms with van der Waals surface area (Å²) in [5.74, 6) is 0. The van der Waals surface area contributed by atoms with Crippen LogP contribution in [0.4, 0.5) is 13.2 Å². The van der Waals surface area contributed by atoms with Gasteiger partial charge in [0.1, 0.15) is 12.6 Å². The molecule has 6 aromatic rings. The first-order valence-electron chi connectivity index (χ1n) is 11.4. The van der Waals surface area contributed by atoms with Crippen LogP contribution in [0, 0.1) is 6.92 Å². The number of hydrogen-bond acceptors (Lipinski definition) is 0. The highest BCUT2D eigenvalue weighted by atomic mass is 19.4. The van der Waals surface area contributed by atoms with E-state index >= 15 is 0 Å². The molecule has 0 aliphatic rings. The Morgan fingerprint density at radius 1 is 0.714 bits per heavy atom. The van der Waals surface area contributed by atoms with E-state index in [0.717, 1.165) is 55.8 Å². The molecule has 6 rings (SSSR count). The van der Waals surface area contributed by atoms with Gasteiger partial charge in [0.15, 0.2) is 6.20 Å². The van der Waals surface area contributed by atoms with Crippen molar-refractivity contribution in [1.82, 2.24) is 4.57 Å². The lowest BCUT2D eigenvalue weighted by molar-refractivity contribution is -0.659. The summed E-state index contributed by atoms with van der Waals surface area (Å²) >= 11 is 0. The molecule has 0 amide bonds. The summed E-state index contributed by atoms with van der Waals surface area (Å²) in [6.45, 7) is 2.07. The van der Waals surface area contributed by atoms with Crippen LogP contribution in [0.15, 0.2) is 97.2 Å². The predicted molar refractivity (Wildman–Crippen MR) is 135 cm³/mol. The van der Waals surface area contributed by atoms with Gasteiger partial charge in [-0.25, -0.2) is 0 Å². The number of benzene rings is 4. The number of aromatic nitrogens is 2. The van der Waals surface area contributed by atoms with E-state index in [1.165, 1.54) is 6.07 Å². The number of fused-ring (bicyclic) bond motifs is 4. The maximum atomic E-state index is 13.7. The zero-order valence-electron chi connectivity index (χ0n) is 19.3. The third kappa shape index (κ3) is 3.38.